The van der Waals surface area contributed by atoms with Gasteiger partial charge < -0.3 is 10.5 Å². The van der Waals surface area contributed by atoms with Gasteiger partial charge >= 0.3 is 16.3 Å². The highest BCUT2D eigenvalue weighted by Crippen LogP contribution is 2.19. The van der Waals surface area contributed by atoms with Gasteiger partial charge in [-0.1, -0.05) is 20.8 Å². The van der Waals surface area contributed by atoms with E-state index in [9.17, 15) is 13.2 Å². The molecule has 0 radical (unpaired) electrons. The zero-order chi connectivity index (χ0) is 15.3. The predicted molar refractivity (Wildman–Crippen MR) is 73.7 cm³/mol. The number of nitrogens with two attached hydrogens (primary N) is 1. The summed E-state index contributed by atoms with van der Waals surface area (Å²) in [6, 6.07) is -0.322. The van der Waals surface area contributed by atoms with E-state index < -0.39 is 22.4 Å². The van der Waals surface area contributed by atoms with Gasteiger partial charge in [0.15, 0.2) is 0 Å². The number of amides is 1. The largest absolute Gasteiger partial charge is 0.446 e. The number of hydrogen-bond donors (Lipinski definition) is 3. The lowest BCUT2D eigenvalue weighted by Crippen LogP contribution is -2.46. The Hall–Kier alpha value is -0.860. The number of ether oxygens (including phenoxy) is 1. The van der Waals surface area contributed by atoms with E-state index in [2.05, 4.69) is 9.46 Å². The minimum absolute atomic E-state index is 0.00879. The first-order valence-electron chi connectivity index (χ1n) is 6.15. The van der Waals surface area contributed by atoms with E-state index in [-0.39, 0.29) is 18.0 Å². The van der Waals surface area contributed by atoms with Crippen LogP contribution in [0.2, 0.25) is 0 Å². The summed E-state index contributed by atoms with van der Waals surface area (Å²) in [6.07, 6.45) is -0.739. The maximum atomic E-state index is 11.5. The van der Waals surface area contributed by atoms with Crippen LogP contribution in [0.3, 0.4) is 0 Å². The van der Waals surface area contributed by atoms with Crippen LogP contribution in [0.15, 0.2) is 0 Å². The lowest BCUT2D eigenvalue weighted by molar-refractivity contribution is 0.121. The molecule has 0 aliphatic carbocycles. The lowest BCUT2D eigenvalue weighted by atomic mass is 9.88. The van der Waals surface area contributed by atoms with Gasteiger partial charge in [0.25, 0.3) is 0 Å². The Morgan fingerprint density at radius 3 is 2.26 bits per heavy atom. The average molecular weight is 295 g/mol. The average Bonchev–Trinajstić information content (AvgIpc) is 2.09. The van der Waals surface area contributed by atoms with E-state index in [1.54, 1.807) is 18.6 Å². The summed E-state index contributed by atoms with van der Waals surface area (Å²) in [5, 5.41) is 0. The molecule has 0 aromatic carbocycles. The summed E-state index contributed by atoms with van der Waals surface area (Å²) >= 11 is 0. The third-order valence-electron chi connectivity index (χ3n) is 1.97. The number of nitrogens with one attached hydrogen (secondary N) is 2. The molecule has 0 saturated carbocycles. The van der Waals surface area contributed by atoms with Crippen LogP contribution in [0.4, 0.5) is 4.79 Å². The van der Waals surface area contributed by atoms with Crippen LogP contribution in [-0.2, 0) is 14.9 Å². The van der Waals surface area contributed by atoms with Gasteiger partial charge in [-0.25, -0.2) is 9.52 Å². The van der Waals surface area contributed by atoms with E-state index in [4.69, 9.17) is 5.73 Å². The van der Waals surface area contributed by atoms with E-state index in [0.29, 0.717) is 6.42 Å². The quantitative estimate of drug-likeness (QED) is 0.668. The summed E-state index contributed by atoms with van der Waals surface area (Å²) in [4.78, 5) is 11.2. The third kappa shape index (κ3) is 10.7. The Morgan fingerprint density at radius 2 is 1.84 bits per heavy atom. The fourth-order valence-corrected chi connectivity index (χ4v) is 2.23. The van der Waals surface area contributed by atoms with Crippen LogP contribution in [0.25, 0.3) is 0 Å². The van der Waals surface area contributed by atoms with Crippen molar-refractivity contribution in [3.63, 3.8) is 0 Å². The highest BCUT2D eigenvalue weighted by atomic mass is 32.2. The maximum Gasteiger partial charge on any atom is 0.422 e. The van der Waals surface area contributed by atoms with Crippen LogP contribution in [0.5, 0.6) is 0 Å². The van der Waals surface area contributed by atoms with E-state index in [0.717, 1.165) is 0 Å². The van der Waals surface area contributed by atoms with Gasteiger partial charge in [-0.15, -0.1) is 0 Å². The second-order valence-electron chi connectivity index (χ2n) is 5.93. The fraction of sp³-hybridized carbons (Fsp3) is 0.909. The standard InChI is InChI=1S/C11H25N3O4S/c1-8(2)18-10(15)14-19(16,17)13-7-9(12)6-11(3,4)5/h8-9,13H,6-7,12H2,1-5H3,(H,14,15). The van der Waals surface area contributed by atoms with Crippen molar-refractivity contribution in [2.45, 2.75) is 53.2 Å². The normalized spacial score (nSPS) is 14.3. The van der Waals surface area contributed by atoms with Gasteiger partial charge in [0.2, 0.25) is 0 Å². The number of carbonyl (C=O) groups excluding carboxylic acids is 1. The second kappa shape index (κ2) is 7.06. The first-order valence-corrected chi connectivity index (χ1v) is 7.63. The van der Waals surface area contributed by atoms with E-state index in [1.165, 1.54) is 0 Å². The number of rotatable bonds is 6. The molecule has 0 aliphatic rings. The maximum absolute atomic E-state index is 11.5. The summed E-state index contributed by atoms with van der Waals surface area (Å²) < 4.78 is 31.7. The minimum atomic E-state index is -3.93. The van der Waals surface area contributed by atoms with Crippen molar-refractivity contribution in [2.75, 3.05) is 6.54 Å². The third-order valence-corrected chi connectivity index (χ3v) is 2.95. The molecule has 19 heavy (non-hydrogen) atoms. The molecule has 0 heterocycles. The molecule has 1 unspecified atom stereocenters. The van der Waals surface area contributed by atoms with Crippen molar-refractivity contribution in [1.82, 2.24) is 9.44 Å². The van der Waals surface area contributed by atoms with Crippen molar-refractivity contribution in [3.05, 3.63) is 0 Å². The van der Waals surface area contributed by atoms with Gasteiger partial charge in [-0.05, 0) is 25.7 Å². The van der Waals surface area contributed by atoms with Gasteiger partial charge in [-0.3, -0.25) is 0 Å². The first kappa shape index (κ1) is 18.1. The molecule has 8 heteroatoms. The minimum Gasteiger partial charge on any atom is -0.446 e. The molecule has 0 fully saturated rings. The zero-order valence-corrected chi connectivity index (χ0v) is 13.0. The molecule has 0 saturated heterocycles. The highest BCUT2D eigenvalue weighted by Gasteiger charge is 2.20. The molecule has 1 atom stereocenters. The fourth-order valence-electron chi connectivity index (χ4n) is 1.46. The molecule has 0 aliphatic heterocycles. The van der Waals surface area contributed by atoms with Crippen molar-refractivity contribution in [2.24, 2.45) is 11.1 Å². The van der Waals surface area contributed by atoms with Crippen molar-refractivity contribution in [3.8, 4) is 0 Å². The van der Waals surface area contributed by atoms with Gasteiger partial charge in [-0.2, -0.15) is 13.1 Å². The molecule has 0 spiro atoms. The zero-order valence-electron chi connectivity index (χ0n) is 12.2. The monoisotopic (exact) mass is 295 g/mol. The SMILES string of the molecule is CC(C)OC(=O)NS(=O)(=O)NCC(N)CC(C)(C)C. The van der Waals surface area contributed by atoms with Crippen molar-refractivity contribution in [1.29, 1.82) is 0 Å². The first-order chi connectivity index (χ1) is 8.41. The van der Waals surface area contributed by atoms with E-state index >= 15 is 0 Å². The predicted octanol–water partition coefficient (Wildman–Crippen LogP) is 0.719. The van der Waals surface area contributed by atoms with Gasteiger partial charge in [0.1, 0.15) is 0 Å². The van der Waals surface area contributed by atoms with Crippen LogP contribution in [0, 0.1) is 5.41 Å². The van der Waals surface area contributed by atoms with Crippen molar-refractivity contribution >= 4 is 16.3 Å². The Balaban J connectivity index is 4.21. The summed E-state index contributed by atoms with van der Waals surface area (Å²) in [5.74, 6) is 0. The van der Waals surface area contributed by atoms with Crippen molar-refractivity contribution < 1.29 is 17.9 Å². The Bertz CT molecular complexity index is 387. The number of hydrogen-bond acceptors (Lipinski definition) is 5. The molecule has 7 nitrogen and oxygen atoms in total. The summed E-state index contributed by atoms with van der Waals surface area (Å²) in [7, 11) is -3.93. The molecule has 1 amide bonds. The molecular weight excluding hydrogens is 270 g/mol. The molecule has 114 valence electrons. The van der Waals surface area contributed by atoms with Gasteiger partial charge in [0, 0.05) is 12.6 Å². The molecular formula is C11H25N3O4S. The van der Waals surface area contributed by atoms with Crippen LogP contribution >= 0.6 is 0 Å². The van der Waals surface area contributed by atoms with Crippen LogP contribution in [0.1, 0.15) is 41.0 Å². The van der Waals surface area contributed by atoms with Gasteiger partial charge in [0.05, 0.1) is 6.10 Å². The number of carbonyl (C=O) groups is 1. The van der Waals surface area contributed by atoms with E-state index in [1.807, 2.05) is 20.8 Å². The summed E-state index contributed by atoms with van der Waals surface area (Å²) in [5.41, 5.74) is 5.82. The Labute approximate surface area is 115 Å². The lowest BCUT2D eigenvalue weighted by Gasteiger charge is -2.23. The highest BCUT2D eigenvalue weighted by molar-refractivity contribution is 7.88. The van der Waals surface area contributed by atoms with Crippen LogP contribution in [-0.4, -0.2) is 33.2 Å². The Kier molecular flexibility index (Phi) is 6.74. The Morgan fingerprint density at radius 1 is 1.32 bits per heavy atom. The molecule has 0 rings (SSSR count). The molecule has 0 aromatic heterocycles. The molecule has 0 aromatic rings. The molecule has 4 N–H and O–H groups in total. The summed E-state index contributed by atoms with van der Waals surface area (Å²) in [6.45, 7) is 9.35. The topological polar surface area (TPSA) is 111 Å². The molecule has 0 bridgehead atoms. The smallest absolute Gasteiger partial charge is 0.422 e. The van der Waals surface area contributed by atoms with Crippen LogP contribution < -0.4 is 15.2 Å². The second-order valence-corrected chi connectivity index (χ2v) is 7.43.